The van der Waals surface area contributed by atoms with Crippen LogP contribution < -0.4 is 0 Å². The topological polar surface area (TPSA) is 50.3 Å². The van der Waals surface area contributed by atoms with E-state index in [1.165, 1.54) is 12.8 Å². The minimum Gasteiger partial charge on any atom is -0.299 e. The van der Waals surface area contributed by atoms with E-state index in [1.807, 2.05) is 54.6 Å². The zero-order chi connectivity index (χ0) is 25.6. The van der Waals surface area contributed by atoms with E-state index in [-0.39, 0.29) is 5.78 Å². The van der Waals surface area contributed by atoms with Gasteiger partial charge in [-0.2, -0.15) is 0 Å². The van der Waals surface area contributed by atoms with Crippen LogP contribution in [0.4, 0.5) is 0 Å². The quantitative estimate of drug-likeness (QED) is 0.228. The van der Waals surface area contributed by atoms with E-state index < -0.39 is 11.7 Å². The van der Waals surface area contributed by atoms with Crippen molar-refractivity contribution < 1.29 is 9.59 Å². The Labute approximate surface area is 222 Å². The number of rotatable bonds is 6. The summed E-state index contributed by atoms with van der Waals surface area (Å²) in [4.78, 5) is 33.3. The number of hydrogen-bond donors (Lipinski definition) is 0. The standard InChI is InChI=1S/C32H27ClN2O2/c33-28-14-11-24(12-15-28)26-13-17-29(34-21-26)16-9-23-8-10-27(22-35-18-4-5-19-35)30(20-23)32(37)31(36)25-6-2-1-3-7-25/h1-3,6-8,10-15,17,21,30H,4-5,18-20,22H2. The maximum Gasteiger partial charge on any atom is 0.229 e. The van der Waals surface area contributed by atoms with Gasteiger partial charge in [0.15, 0.2) is 0 Å². The third-order valence-corrected chi connectivity index (χ3v) is 7.10. The molecule has 0 saturated carbocycles. The van der Waals surface area contributed by atoms with Gasteiger partial charge in [0.05, 0.1) is 5.92 Å². The van der Waals surface area contributed by atoms with Gasteiger partial charge in [-0.1, -0.05) is 78.2 Å². The number of likely N-dealkylation sites (tertiary alicyclic amines) is 1. The van der Waals surface area contributed by atoms with Gasteiger partial charge in [-0.05, 0) is 67.6 Å². The lowest BCUT2D eigenvalue weighted by atomic mass is 9.81. The second-order valence-corrected chi connectivity index (χ2v) is 9.86. The zero-order valence-electron chi connectivity index (χ0n) is 20.5. The average Bonchev–Trinajstić information content (AvgIpc) is 3.46. The molecule has 0 bridgehead atoms. The highest BCUT2D eigenvalue weighted by Crippen LogP contribution is 2.29. The molecule has 5 rings (SSSR count). The summed E-state index contributed by atoms with van der Waals surface area (Å²) in [5.74, 6) is 5.01. The molecule has 1 atom stereocenters. The van der Waals surface area contributed by atoms with Crippen molar-refractivity contribution in [3.8, 4) is 23.0 Å². The van der Waals surface area contributed by atoms with Crippen LogP contribution in [-0.2, 0) is 4.79 Å². The minimum atomic E-state index is -0.497. The lowest BCUT2D eigenvalue weighted by Crippen LogP contribution is -2.32. The van der Waals surface area contributed by atoms with Crippen LogP contribution in [0.1, 0.15) is 35.3 Å². The molecule has 1 fully saturated rings. The molecular weight excluding hydrogens is 480 g/mol. The summed E-state index contributed by atoms with van der Waals surface area (Å²) in [5.41, 5.74) is 4.92. The van der Waals surface area contributed by atoms with Crippen LogP contribution in [-0.4, -0.2) is 41.1 Å². The Hall–Kier alpha value is -3.78. The summed E-state index contributed by atoms with van der Waals surface area (Å²) in [7, 11) is 0. The van der Waals surface area contributed by atoms with Crippen LogP contribution in [0.25, 0.3) is 11.1 Å². The van der Waals surface area contributed by atoms with Crippen LogP contribution in [0, 0.1) is 17.8 Å². The number of aromatic nitrogens is 1. The van der Waals surface area contributed by atoms with E-state index in [4.69, 9.17) is 11.6 Å². The van der Waals surface area contributed by atoms with Crippen molar-refractivity contribution in [2.24, 2.45) is 5.92 Å². The van der Waals surface area contributed by atoms with Crippen LogP contribution >= 0.6 is 11.6 Å². The first-order valence-electron chi connectivity index (χ1n) is 12.6. The SMILES string of the molecule is O=C(C(=O)C1CC(C#Cc2ccc(-c3ccc(Cl)cc3)cn2)=CC=C1CN1CCCC1)c1ccccc1. The van der Waals surface area contributed by atoms with Gasteiger partial charge in [-0.25, -0.2) is 4.98 Å². The highest BCUT2D eigenvalue weighted by Gasteiger charge is 2.32. The maximum atomic E-state index is 13.4. The lowest BCUT2D eigenvalue weighted by molar-refractivity contribution is -0.117. The molecule has 1 unspecified atom stereocenters. The van der Waals surface area contributed by atoms with Crippen LogP contribution in [0.3, 0.4) is 0 Å². The second kappa shape index (κ2) is 11.5. The molecule has 184 valence electrons. The second-order valence-electron chi connectivity index (χ2n) is 9.42. The van der Waals surface area contributed by atoms with Crippen molar-refractivity contribution in [1.82, 2.24) is 9.88 Å². The van der Waals surface area contributed by atoms with Gasteiger partial charge in [-0.15, -0.1) is 0 Å². The number of hydrogen-bond acceptors (Lipinski definition) is 4. The fourth-order valence-corrected chi connectivity index (χ4v) is 4.90. The van der Waals surface area contributed by atoms with Crippen molar-refractivity contribution >= 4 is 23.2 Å². The van der Waals surface area contributed by atoms with Gasteiger partial charge in [0.2, 0.25) is 11.6 Å². The number of Topliss-reactive ketones (excluding diaryl/α,β-unsaturated/α-hetero) is 2. The summed E-state index contributed by atoms with van der Waals surface area (Å²) >= 11 is 5.98. The van der Waals surface area contributed by atoms with Crippen molar-refractivity contribution in [2.45, 2.75) is 19.3 Å². The van der Waals surface area contributed by atoms with E-state index in [0.717, 1.165) is 35.4 Å². The van der Waals surface area contributed by atoms with Gasteiger partial charge in [0.1, 0.15) is 5.69 Å². The maximum absolute atomic E-state index is 13.4. The molecule has 0 spiro atoms. The highest BCUT2D eigenvalue weighted by molar-refractivity contribution is 6.44. The molecule has 5 heteroatoms. The van der Waals surface area contributed by atoms with Crippen LogP contribution in [0.15, 0.2) is 96.2 Å². The summed E-state index contributed by atoms with van der Waals surface area (Å²) in [5, 5.41) is 0.694. The van der Waals surface area contributed by atoms with Gasteiger partial charge in [0, 0.05) is 34.5 Å². The van der Waals surface area contributed by atoms with Crippen molar-refractivity contribution in [3.05, 3.63) is 113 Å². The summed E-state index contributed by atoms with van der Waals surface area (Å²) in [6.07, 6.45) is 8.53. The molecule has 2 heterocycles. The Kier molecular flexibility index (Phi) is 7.75. The third-order valence-electron chi connectivity index (χ3n) is 6.84. The number of carbonyl (C=O) groups excluding carboxylic acids is 2. The molecule has 1 saturated heterocycles. The molecule has 3 aromatic rings. The molecule has 0 amide bonds. The predicted molar refractivity (Wildman–Crippen MR) is 147 cm³/mol. The Morgan fingerprint density at radius 2 is 1.62 bits per heavy atom. The first-order chi connectivity index (χ1) is 18.1. The molecule has 1 aliphatic heterocycles. The Balaban J connectivity index is 1.35. The molecule has 2 aliphatic rings. The highest BCUT2D eigenvalue weighted by atomic mass is 35.5. The van der Waals surface area contributed by atoms with E-state index in [0.29, 0.717) is 29.2 Å². The number of allylic oxidation sites excluding steroid dienone is 3. The van der Waals surface area contributed by atoms with E-state index in [1.54, 1.807) is 30.5 Å². The third kappa shape index (κ3) is 6.14. The van der Waals surface area contributed by atoms with Gasteiger partial charge >= 0.3 is 0 Å². The average molecular weight is 507 g/mol. The summed E-state index contributed by atoms with van der Waals surface area (Å²) in [6.45, 7) is 2.77. The monoisotopic (exact) mass is 506 g/mol. The first kappa shape index (κ1) is 24.9. The number of ketones is 2. The summed E-state index contributed by atoms with van der Waals surface area (Å²) < 4.78 is 0. The normalized spacial score (nSPS) is 17.4. The largest absolute Gasteiger partial charge is 0.299 e. The van der Waals surface area contributed by atoms with Gasteiger partial charge < -0.3 is 0 Å². The predicted octanol–water partition coefficient (Wildman–Crippen LogP) is 6.17. The Morgan fingerprint density at radius 1 is 0.892 bits per heavy atom. The lowest BCUT2D eigenvalue weighted by Gasteiger charge is -2.25. The molecular formula is C32H27ClN2O2. The smallest absolute Gasteiger partial charge is 0.229 e. The Bertz CT molecular complexity index is 1410. The molecule has 1 aliphatic carbocycles. The molecule has 1 aromatic heterocycles. The van der Waals surface area contributed by atoms with Crippen LogP contribution in [0.2, 0.25) is 5.02 Å². The number of pyridine rings is 1. The van der Waals surface area contributed by atoms with E-state index >= 15 is 0 Å². The fourth-order valence-electron chi connectivity index (χ4n) is 4.77. The molecule has 4 nitrogen and oxygen atoms in total. The fraction of sp³-hybridized carbons (Fsp3) is 0.219. The molecule has 0 radical (unpaired) electrons. The van der Waals surface area contributed by atoms with Crippen LogP contribution in [0.5, 0.6) is 0 Å². The number of nitrogens with zero attached hydrogens (tertiary/aromatic N) is 2. The Morgan fingerprint density at radius 3 is 2.32 bits per heavy atom. The van der Waals surface area contributed by atoms with Crippen molar-refractivity contribution in [3.63, 3.8) is 0 Å². The number of carbonyl (C=O) groups is 2. The van der Waals surface area contributed by atoms with Crippen molar-refractivity contribution in [2.75, 3.05) is 19.6 Å². The van der Waals surface area contributed by atoms with Gasteiger partial charge in [0.25, 0.3) is 0 Å². The van der Waals surface area contributed by atoms with Gasteiger partial charge in [-0.3, -0.25) is 14.5 Å². The molecule has 37 heavy (non-hydrogen) atoms. The number of halogens is 1. The minimum absolute atomic E-state index is 0.366. The summed E-state index contributed by atoms with van der Waals surface area (Å²) in [6, 6.07) is 20.3. The van der Waals surface area contributed by atoms with Crippen molar-refractivity contribution in [1.29, 1.82) is 0 Å². The van der Waals surface area contributed by atoms with E-state index in [2.05, 4.69) is 21.7 Å². The molecule has 2 aromatic carbocycles. The van der Waals surface area contributed by atoms with E-state index in [9.17, 15) is 9.59 Å². The zero-order valence-corrected chi connectivity index (χ0v) is 21.2. The number of benzene rings is 2. The molecule has 0 N–H and O–H groups in total. The first-order valence-corrected chi connectivity index (χ1v) is 12.9.